The third kappa shape index (κ3) is 8.33. The second-order valence-corrected chi connectivity index (χ2v) is 17.6. The molecule has 260 valence electrons. The molecule has 1 aromatic heterocycles. The Morgan fingerprint density at radius 1 is 0.500 bits per heavy atom. The Hall–Kier alpha value is -3.49. The van der Waals surface area contributed by atoms with E-state index in [0.29, 0.717) is 0 Å². The van der Waals surface area contributed by atoms with Gasteiger partial charge in [-0.05, 0) is 99.4 Å². The van der Waals surface area contributed by atoms with Gasteiger partial charge in [0.2, 0.25) is 0 Å². The zero-order chi connectivity index (χ0) is 33.6. The van der Waals surface area contributed by atoms with Crippen molar-refractivity contribution >= 4 is 56.5 Å². The molecule has 0 fully saturated rings. The summed E-state index contributed by atoms with van der Waals surface area (Å²) in [7, 11) is -1.87. The Kier molecular flexibility index (Phi) is 13.3. The van der Waals surface area contributed by atoms with Gasteiger partial charge in [-0.3, -0.25) is 0 Å². The normalized spacial score (nSPS) is 11.2. The molecular formula is C46H41I2N2PS. The SMILES string of the molecule is [I-].[I-].c1ccc([P+](CCCSc2n(Cc3ccc4ccccc4c3)cc[n+]2Cc2ccc3ccccc3c2)(c2ccccc2)c2ccccc2)cc1. The topological polar surface area (TPSA) is 8.81 Å². The van der Waals surface area contributed by atoms with Gasteiger partial charge in [-0.15, -0.1) is 0 Å². The molecule has 0 aliphatic carbocycles. The third-order valence-corrected chi connectivity index (χ3v) is 15.5. The second kappa shape index (κ2) is 18.0. The van der Waals surface area contributed by atoms with Gasteiger partial charge in [0.25, 0.3) is 0 Å². The molecule has 7 aromatic carbocycles. The fourth-order valence-corrected chi connectivity index (χ4v) is 12.9. The molecule has 6 heteroatoms. The number of nitrogens with zero attached hydrogens (tertiary/aromatic N) is 2. The van der Waals surface area contributed by atoms with E-state index in [1.807, 2.05) is 11.8 Å². The maximum Gasteiger partial charge on any atom is 0.318 e. The van der Waals surface area contributed by atoms with Crippen LogP contribution in [0.25, 0.3) is 21.5 Å². The van der Waals surface area contributed by atoms with Crippen LogP contribution < -0.4 is 68.4 Å². The molecule has 1 heterocycles. The first kappa shape index (κ1) is 38.2. The van der Waals surface area contributed by atoms with Crippen molar-refractivity contribution < 1.29 is 52.5 Å². The van der Waals surface area contributed by atoms with E-state index in [1.165, 1.54) is 53.7 Å². The zero-order valence-electron chi connectivity index (χ0n) is 28.9. The molecule has 8 rings (SSSR count). The number of imidazole rings is 1. The van der Waals surface area contributed by atoms with Gasteiger partial charge >= 0.3 is 5.16 Å². The van der Waals surface area contributed by atoms with E-state index in [9.17, 15) is 0 Å². The van der Waals surface area contributed by atoms with Gasteiger partial charge in [0.05, 0.1) is 6.16 Å². The molecule has 2 nitrogen and oxygen atoms in total. The molecule has 0 aliphatic heterocycles. The molecule has 0 radical (unpaired) electrons. The summed E-state index contributed by atoms with van der Waals surface area (Å²) in [5.74, 6) is 1.04. The lowest BCUT2D eigenvalue weighted by atomic mass is 10.1. The van der Waals surface area contributed by atoms with E-state index in [0.717, 1.165) is 31.4 Å². The van der Waals surface area contributed by atoms with Gasteiger partial charge in [-0.2, -0.15) is 0 Å². The number of benzene rings is 7. The van der Waals surface area contributed by atoms with Crippen molar-refractivity contribution in [1.82, 2.24) is 4.57 Å². The summed E-state index contributed by atoms with van der Waals surface area (Å²) in [6.45, 7) is 1.68. The Morgan fingerprint density at radius 2 is 0.962 bits per heavy atom. The Bertz CT molecular complexity index is 2150. The number of thioether (sulfide) groups is 1. The molecule has 0 spiro atoms. The van der Waals surface area contributed by atoms with Crippen molar-refractivity contribution in [3.05, 3.63) is 199 Å². The molecular weight excluding hydrogens is 897 g/mol. The lowest BCUT2D eigenvalue weighted by Gasteiger charge is -2.27. The summed E-state index contributed by atoms with van der Waals surface area (Å²) in [6.07, 6.45) is 6.77. The summed E-state index contributed by atoms with van der Waals surface area (Å²) in [5, 5.41) is 10.8. The van der Waals surface area contributed by atoms with E-state index < -0.39 is 7.26 Å². The number of hydrogen-bond acceptors (Lipinski definition) is 1. The standard InChI is InChI=1S/C46H41N2PS.2HI/c1-4-19-43(20-5-1)49(44-21-6-2-7-22-44,45-23-8-3-9-24-45)31-14-32-50-46-47(35-37-25-27-39-15-10-12-17-41(39)33-37)29-30-48(46)36-38-26-28-40-16-11-13-18-42(40)34-38;;/h1-13,15-30,33-34H,14,31-32,35-36H2;2*1H/q+2;;/p-2. The van der Waals surface area contributed by atoms with E-state index >= 15 is 0 Å². The van der Waals surface area contributed by atoms with Gasteiger partial charge in [-0.1, -0.05) is 127 Å². The lowest BCUT2D eigenvalue weighted by Crippen LogP contribution is -3.00. The van der Waals surface area contributed by atoms with E-state index in [-0.39, 0.29) is 48.0 Å². The van der Waals surface area contributed by atoms with Gasteiger partial charge in [-0.25, -0.2) is 9.13 Å². The van der Waals surface area contributed by atoms with Crippen LogP contribution in [-0.4, -0.2) is 16.5 Å². The highest BCUT2D eigenvalue weighted by atomic mass is 127. The van der Waals surface area contributed by atoms with Crippen LogP contribution in [0.1, 0.15) is 17.5 Å². The highest BCUT2D eigenvalue weighted by Gasteiger charge is 2.44. The maximum atomic E-state index is 2.45. The zero-order valence-corrected chi connectivity index (χ0v) is 35.0. The first-order chi connectivity index (χ1) is 24.8. The monoisotopic (exact) mass is 938 g/mol. The predicted molar refractivity (Wildman–Crippen MR) is 216 cm³/mol. The number of aromatic nitrogens is 2. The number of rotatable bonds is 12. The fourth-order valence-electron chi connectivity index (χ4n) is 7.27. The Morgan fingerprint density at radius 3 is 1.50 bits per heavy atom. The summed E-state index contributed by atoms with van der Waals surface area (Å²) in [5.41, 5.74) is 2.64. The van der Waals surface area contributed by atoms with Crippen LogP contribution in [-0.2, 0) is 13.1 Å². The molecule has 0 saturated carbocycles. The average molecular weight is 939 g/mol. The largest absolute Gasteiger partial charge is 1.00 e. The van der Waals surface area contributed by atoms with Gasteiger partial charge in [0.1, 0.15) is 48.7 Å². The lowest BCUT2D eigenvalue weighted by molar-refractivity contribution is -0.725. The number of halogens is 2. The van der Waals surface area contributed by atoms with Crippen molar-refractivity contribution in [3.8, 4) is 0 Å². The van der Waals surface area contributed by atoms with Crippen LogP contribution in [0.3, 0.4) is 0 Å². The predicted octanol–water partition coefficient (Wildman–Crippen LogP) is 3.66. The first-order valence-electron chi connectivity index (χ1n) is 17.5. The van der Waals surface area contributed by atoms with E-state index in [2.05, 4.69) is 197 Å². The van der Waals surface area contributed by atoms with Gasteiger partial charge in [0, 0.05) is 5.75 Å². The van der Waals surface area contributed by atoms with Crippen LogP contribution in [0, 0.1) is 0 Å². The summed E-state index contributed by atoms with van der Waals surface area (Å²) >= 11 is 2.00. The molecule has 0 N–H and O–H groups in total. The minimum Gasteiger partial charge on any atom is -1.00 e. The Labute approximate surface area is 346 Å². The van der Waals surface area contributed by atoms with Gasteiger partial charge < -0.3 is 48.0 Å². The third-order valence-electron chi connectivity index (χ3n) is 9.71. The quantitative estimate of drug-likeness (QED) is 0.0599. The van der Waals surface area contributed by atoms with E-state index in [4.69, 9.17) is 0 Å². The first-order valence-corrected chi connectivity index (χ1v) is 20.4. The van der Waals surface area contributed by atoms with Crippen LogP contribution in [0.5, 0.6) is 0 Å². The minimum absolute atomic E-state index is 0. The van der Waals surface area contributed by atoms with Crippen molar-refractivity contribution in [1.29, 1.82) is 0 Å². The van der Waals surface area contributed by atoms with Crippen LogP contribution in [0.4, 0.5) is 0 Å². The van der Waals surface area contributed by atoms with Crippen LogP contribution in [0.15, 0.2) is 193 Å². The number of hydrogen-bond donors (Lipinski definition) is 0. The fraction of sp³-hybridized carbons (Fsp3) is 0.109. The van der Waals surface area contributed by atoms with Gasteiger partial charge in [0.15, 0.2) is 0 Å². The molecule has 52 heavy (non-hydrogen) atoms. The second-order valence-electron chi connectivity index (χ2n) is 12.9. The summed E-state index contributed by atoms with van der Waals surface area (Å²) in [6, 6.07) is 64.8. The smallest absolute Gasteiger partial charge is 0.318 e. The highest BCUT2D eigenvalue weighted by molar-refractivity contribution is 7.99. The van der Waals surface area contributed by atoms with Crippen molar-refractivity contribution in [3.63, 3.8) is 0 Å². The molecule has 0 amide bonds. The van der Waals surface area contributed by atoms with Crippen LogP contribution in [0.2, 0.25) is 0 Å². The van der Waals surface area contributed by atoms with Crippen molar-refractivity contribution in [2.75, 3.05) is 11.9 Å². The molecule has 8 aromatic rings. The Balaban J connectivity index is 0.00000232. The van der Waals surface area contributed by atoms with Crippen molar-refractivity contribution in [2.45, 2.75) is 24.7 Å². The highest BCUT2D eigenvalue weighted by Crippen LogP contribution is 2.55. The maximum absolute atomic E-state index is 2.45. The molecule has 0 aliphatic rings. The van der Waals surface area contributed by atoms with Crippen LogP contribution >= 0.6 is 19.0 Å². The summed E-state index contributed by atoms with van der Waals surface area (Å²) < 4.78 is 4.90. The molecule has 0 bridgehead atoms. The average Bonchev–Trinajstić information content (AvgIpc) is 3.55. The van der Waals surface area contributed by atoms with Crippen molar-refractivity contribution in [2.24, 2.45) is 0 Å². The molecule has 0 unspecified atom stereocenters. The summed E-state index contributed by atoms with van der Waals surface area (Å²) in [4.78, 5) is 0. The number of fused-ring (bicyclic) bond motifs is 2. The minimum atomic E-state index is -1.87. The molecule has 0 saturated heterocycles. The molecule has 0 atom stereocenters. The van der Waals surface area contributed by atoms with E-state index in [1.54, 1.807) is 0 Å².